The number of aliphatic carboxylic acids is 1. The Morgan fingerprint density at radius 1 is 1.52 bits per heavy atom. The molecule has 2 unspecified atom stereocenters. The molecule has 7 heteroatoms. The molecular formula is C14H22N4O3. The molecule has 1 aromatic rings. The summed E-state index contributed by atoms with van der Waals surface area (Å²) in [6.45, 7) is 4.65. The van der Waals surface area contributed by atoms with Crippen LogP contribution in [-0.4, -0.2) is 44.4 Å². The fraction of sp³-hybridized carbons (Fsp3) is 0.643. The number of hydrogen-bond donors (Lipinski definition) is 2. The second-order valence-corrected chi connectivity index (χ2v) is 5.63. The highest BCUT2D eigenvalue weighted by atomic mass is 16.4. The monoisotopic (exact) mass is 294 g/mol. The largest absolute Gasteiger partial charge is 0.480 e. The third-order valence-corrected chi connectivity index (χ3v) is 4.21. The number of likely N-dealkylation sites (tertiary alicyclic amines) is 1. The van der Waals surface area contributed by atoms with Crippen molar-refractivity contribution in [3.05, 3.63) is 17.5 Å². The van der Waals surface area contributed by atoms with Gasteiger partial charge in [-0.3, -0.25) is 4.68 Å². The summed E-state index contributed by atoms with van der Waals surface area (Å²) in [5, 5.41) is 16.2. The van der Waals surface area contributed by atoms with Crippen molar-refractivity contribution in [3.63, 3.8) is 0 Å². The van der Waals surface area contributed by atoms with Crippen molar-refractivity contribution in [2.75, 3.05) is 6.54 Å². The molecule has 0 spiro atoms. The molecule has 0 saturated carbocycles. The van der Waals surface area contributed by atoms with E-state index in [1.807, 2.05) is 20.9 Å². The van der Waals surface area contributed by atoms with Gasteiger partial charge in [0.05, 0.1) is 6.20 Å². The Bertz CT molecular complexity index is 540. The minimum absolute atomic E-state index is 0.0258. The van der Waals surface area contributed by atoms with Crippen molar-refractivity contribution in [3.8, 4) is 0 Å². The zero-order chi connectivity index (χ0) is 15.6. The van der Waals surface area contributed by atoms with Crippen molar-refractivity contribution in [2.24, 2.45) is 13.0 Å². The van der Waals surface area contributed by atoms with Gasteiger partial charge in [-0.1, -0.05) is 6.92 Å². The molecule has 0 aromatic carbocycles. The molecule has 116 valence electrons. The van der Waals surface area contributed by atoms with Crippen molar-refractivity contribution >= 4 is 12.0 Å². The predicted octanol–water partition coefficient (Wildman–Crippen LogP) is 1.12. The van der Waals surface area contributed by atoms with Gasteiger partial charge in [0.2, 0.25) is 0 Å². The molecule has 2 atom stereocenters. The zero-order valence-electron chi connectivity index (χ0n) is 12.7. The molecule has 0 aliphatic carbocycles. The molecule has 2 amide bonds. The Balaban J connectivity index is 2.01. The molecule has 21 heavy (non-hydrogen) atoms. The van der Waals surface area contributed by atoms with E-state index in [0.29, 0.717) is 13.1 Å². The molecule has 1 saturated heterocycles. The van der Waals surface area contributed by atoms with E-state index in [0.717, 1.165) is 24.1 Å². The molecule has 0 bridgehead atoms. The first-order valence-corrected chi connectivity index (χ1v) is 7.16. The average Bonchev–Trinajstić information content (AvgIpc) is 2.75. The number of carboxylic acid groups (broad SMARTS) is 1. The standard InChI is InChI=1S/C14H22N4O3/c1-9-5-4-6-18(12(9)13(19)20)14(21)15-7-11-8-16-17(3)10(11)2/h8-9,12H,4-7H2,1-3H3,(H,15,21)(H,19,20). The van der Waals surface area contributed by atoms with Gasteiger partial charge in [-0.2, -0.15) is 5.10 Å². The fourth-order valence-corrected chi connectivity index (χ4v) is 2.78. The van der Waals surface area contributed by atoms with Gasteiger partial charge < -0.3 is 15.3 Å². The third kappa shape index (κ3) is 3.17. The van der Waals surface area contributed by atoms with E-state index in [9.17, 15) is 14.7 Å². The van der Waals surface area contributed by atoms with Crippen LogP contribution in [0.1, 0.15) is 31.0 Å². The van der Waals surface area contributed by atoms with Crippen molar-refractivity contribution < 1.29 is 14.7 Å². The number of carbonyl (C=O) groups excluding carboxylic acids is 1. The van der Waals surface area contributed by atoms with Crippen LogP contribution >= 0.6 is 0 Å². The quantitative estimate of drug-likeness (QED) is 0.874. The summed E-state index contributed by atoms with van der Waals surface area (Å²) >= 11 is 0. The highest BCUT2D eigenvalue weighted by Gasteiger charge is 2.36. The van der Waals surface area contributed by atoms with Crippen molar-refractivity contribution in [1.29, 1.82) is 0 Å². The number of carboxylic acids is 1. The molecule has 2 rings (SSSR count). The highest BCUT2D eigenvalue weighted by Crippen LogP contribution is 2.23. The number of carbonyl (C=O) groups is 2. The van der Waals surface area contributed by atoms with Crippen LogP contribution in [0.4, 0.5) is 4.79 Å². The summed E-state index contributed by atoms with van der Waals surface area (Å²) in [4.78, 5) is 25.1. The van der Waals surface area contributed by atoms with E-state index in [1.54, 1.807) is 10.9 Å². The molecule has 2 N–H and O–H groups in total. The SMILES string of the molecule is Cc1c(CNC(=O)N2CCCC(C)C2C(=O)O)cnn1C. The minimum atomic E-state index is -0.935. The Kier molecular flexibility index (Phi) is 4.50. The maximum atomic E-state index is 12.3. The van der Waals surface area contributed by atoms with Crippen LogP contribution in [0.5, 0.6) is 0 Å². The van der Waals surface area contributed by atoms with Gasteiger partial charge in [0, 0.05) is 31.4 Å². The first-order chi connectivity index (χ1) is 9.91. The van der Waals surface area contributed by atoms with Gasteiger partial charge in [-0.15, -0.1) is 0 Å². The number of nitrogens with zero attached hydrogens (tertiary/aromatic N) is 3. The number of aromatic nitrogens is 2. The Morgan fingerprint density at radius 2 is 2.24 bits per heavy atom. The lowest BCUT2D eigenvalue weighted by Gasteiger charge is -2.37. The normalized spacial score (nSPS) is 22.1. The Labute approximate surface area is 123 Å². The number of amides is 2. The average molecular weight is 294 g/mol. The van der Waals surface area contributed by atoms with Crippen LogP contribution < -0.4 is 5.32 Å². The zero-order valence-corrected chi connectivity index (χ0v) is 12.7. The summed E-state index contributed by atoms with van der Waals surface area (Å²) in [6.07, 6.45) is 3.38. The molecule has 7 nitrogen and oxygen atoms in total. The molecule has 0 radical (unpaired) electrons. The van der Waals surface area contributed by atoms with Crippen LogP contribution in [0.15, 0.2) is 6.20 Å². The molecular weight excluding hydrogens is 272 g/mol. The summed E-state index contributed by atoms with van der Waals surface area (Å²) in [7, 11) is 1.84. The number of aryl methyl sites for hydroxylation is 1. The summed E-state index contributed by atoms with van der Waals surface area (Å²) in [5.74, 6) is -0.961. The van der Waals surface area contributed by atoms with Crippen LogP contribution in [-0.2, 0) is 18.4 Å². The highest BCUT2D eigenvalue weighted by molar-refractivity contribution is 5.83. The second-order valence-electron chi connectivity index (χ2n) is 5.63. The second kappa shape index (κ2) is 6.15. The van der Waals surface area contributed by atoms with Crippen LogP contribution in [0.25, 0.3) is 0 Å². The number of hydrogen-bond acceptors (Lipinski definition) is 3. The first-order valence-electron chi connectivity index (χ1n) is 7.16. The molecule has 1 aliphatic heterocycles. The summed E-state index contributed by atoms with van der Waals surface area (Å²) in [6, 6.07) is -1.06. The fourth-order valence-electron chi connectivity index (χ4n) is 2.78. The Hall–Kier alpha value is -2.05. The maximum Gasteiger partial charge on any atom is 0.326 e. The lowest BCUT2D eigenvalue weighted by Crippen LogP contribution is -2.54. The van der Waals surface area contributed by atoms with Crippen molar-refractivity contribution in [1.82, 2.24) is 20.0 Å². The van der Waals surface area contributed by atoms with E-state index in [2.05, 4.69) is 10.4 Å². The molecule has 1 aromatic heterocycles. The summed E-state index contributed by atoms with van der Waals surface area (Å²) in [5.41, 5.74) is 1.92. The van der Waals surface area contributed by atoms with E-state index in [1.165, 1.54) is 4.90 Å². The van der Waals surface area contributed by atoms with Gasteiger partial charge in [0.25, 0.3) is 0 Å². The molecule has 1 aliphatic rings. The van der Waals surface area contributed by atoms with E-state index in [4.69, 9.17) is 0 Å². The molecule has 2 heterocycles. The smallest absolute Gasteiger partial charge is 0.326 e. The number of rotatable bonds is 3. The number of urea groups is 1. The molecule has 1 fully saturated rings. The van der Waals surface area contributed by atoms with Crippen LogP contribution in [0.2, 0.25) is 0 Å². The van der Waals surface area contributed by atoms with E-state index >= 15 is 0 Å². The first kappa shape index (κ1) is 15.3. The lowest BCUT2D eigenvalue weighted by molar-refractivity contribution is -0.145. The van der Waals surface area contributed by atoms with Gasteiger partial charge in [0.15, 0.2) is 0 Å². The lowest BCUT2D eigenvalue weighted by atomic mass is 9.91. The van der Waals surface area contributed by atoms with Gasteiger partial charge >= 0.3 is 12.0 Å². The topological polar surface area (TPSA) is 87.5 Å². The third-order valence-electron chi connectivity index (χ3n) is 4.21. The van der Waals surface area contributed by atoms with E-state index in [-0.39, 0.29) is 11.9 Å². The number of nitrogens with one attached hydrogen (secondary N) is 1. The van der Waals surface area contributed by atoms with Gasteiger partial charge in [-0.25, -0.2) is 9.59 Å². The van der Waals surface area contributed by atoms with Gasteiger partial charge in [-0.05, 0) is 25.7 Å². The van der Waals surface area contributed by atoms with E-state index < -0.39 is 12.0 Å². The van der Waals surface area contributed by atoms with Crippen molar-refractivity contribution in [2.45, 2.75) is 39.3 Å². The van der Waals surface area contributed by atoms with Crippen LogP contribution in [0, 0.1) is 12.8 Å². The predicted molar refractivity (Wildman–Crippen MR) is 76.7 cm³/mol. The van der Waals surface area contributed by atoms with Gasteiger partial charge in [0.1, 0.15) is 6.04 Å². The minimum Gasteiger partial charge on any atom is -0.480 e. The van der Waals surface area contributed by atoms with Crippen LogP contribution in [0.3, 0.4) is 0 Å². The summed E-state index contributed by atoms with van der Waals surface area (Å²) < 4.78 is 1.74. The maximum absolute atomic E-state index is 12.3. The number of piperidine rings is 1. The Morgan fingerprint density at radius 3 is 2.81 bits per heavy atom.